The van der Waals surface area contributed by atoms with Gasteiger partial charge < -0.3 is 10.1 Å². The molecule has 1 unspecified atom stereocenters. The Morgan fingerprint density at radius 3 is 3.00 bits per heavy atom. The minimum atomic E-state index is -0.832. The molecule has 0 aliphatic heterocycles. The van der Waals surface area contributed by atoms with Gasteiger partial charge in [-0.1, -0.05) is 17.8 Å². The number of aryl methyl sites for hydroxylation is 1. The number of carboxylic acids is 1. The molecule has 0 aliphatic carbocycles. The lowest BCUT2D eigenvalue weighted by Gasteiger charge is -2.00. The van der Waals surface area contributed by atoms with E-state index in [4.69, 9.17) is 5.11 Å². The van der Waals surface area contributed by atoms with Crippen molar-refractivity contribution in [1.82, 2.24) is 9.97 Å². The number of nitrogens with one attached hydrogen (secondary N) is 1. The lowest BCUT2D eigenvalue weighted by atomic mass is 10.2. The van der Waals surface area contributed by atoms with E-state index in [9.17, 15) is 4.79 Å². The number of thioether (sulfide) groups is 1. The molecule has 1 aromatic heterocycles. The van der Waals surface area contributed by atoms with Crippen LogP contribution in [0, 0.1) is 6.92 Å². The molecule has 0 bridgehead atoms. The summed E-state index contributed by atoms with van der Waals surface area (Å²) in [5.74, 6) is -0.832. The van der Waals surface area contributed by atoms with Crippen molar-refractivity contribution < 1.29 is 9.90 Å². The van der Waals surface area contributed by atoms with E-state index < -0.39 is 11.2 Å². The van der Waals surface area contributed by atoms with Crippen molar-refractivity contribution in [3.63, 3.8) is 0 Å². The number of aromatic nitrogens is 2. The highest BCUT2D eigenvalue weighted by Gasteiger charge is 2.14. The van der Waals surface area contributed by atoms with Gasteiger partial charge in [0.2, 0.25) is 0 Å². The summed E-state index contributed by atoms with van der Waals surface area (Å²) in [7, 11) is 0. The van der Waals surface area contributed by atoms with Crippen LogP contribution in [0.3, 0.4) is 0 Å². The first-order valence-corrected chi connectivity index (χ1v) is 5.80. The lowest BCUT2D eigenvalue weighted by Crippen LogP contribution is -2.11. The number of aliphatic carboxylic acids is 1. The molecule has 0 saturated carbocycles. The zero-order chi connectivity index (χ0) is 11.7. The fraction of sp³-hybridized carbons (Fsp3) is 0.273. The highest BCUT2D eigenvalue weighted by atomic mass is 32.2. The largest absolute Gasteiger partial charge is 0.480 e. The highest BCUT2D eigenvalue weighted by Crippen LogP contribution is 2.23. The summed E-state index contributed by atoms with van der Waals surface area (Å²) in [6.07, 6.45) is 0. The number of rotatable bonds is 3. The number of H-pyrrole nitrogens is 1. The van der Waals surface area contributed by atoms with E-state index in [0.29, 0.717) is 5.16 Å². The number of benzene rings is 1. The van der Waals surface area contributed by atoms with Crippen LogP contribution in [0.2, 0.25) is 0 Å². The van der Waals surface area contributed by atoms with Gasteiger partial charge in [-0.2, -0.15) is 0 Å². The highest BCUT2D eigenvalue weighted by molar-refractivity contribution is 8.00. The standard InChI is InChI=1S/C11H12N2O2S/c1-6-3-4-8-9(5-6)13-11(12-8)16-7(2)10(14)15/h3-5,7H,1-2H3,(H,12,13)(H,14,15). The van der Waals surface area contributed by atoms with Gasteiger partial charge in [0.05, 0.1) is 11.0 Å². The van der Waals surface area contributed by atoms with E-state index in [2.05, 4.69) is 9.97 Å². The van der Waals surface area contributed by atoms with E-state index >= 15 is 0 Å². The molecule has 2 rings (SSSR count). The van der Waals surface area contributed by atoms with Crippen LogP contribution in [0.4, 0.5) is 0 Å². The molecule has 0 saturated heterocycles. The second-order valence-corrected chi connectivity index (χ2v) is 4.99. The van der Waals surface area contributed by atoms with Crippen LogP contribution in [0.1, 0.15) is 12.5 Å². The molecule has 0 spiro atoms. The Kier molecular flexibility index (Phi) is 2.87. The minimum absolute atomic E-state index is 0.498. The molecule has 0 radical (unpaired) electrons. The second-order valence-electron chi connectivity index (χ2n) is 3.66. The molecule has 0 fully saturated rings. The van der Waals surface area contributed by atoms with E-state index in [0.717, 1.165) is 16.6 Å². The molecule has 0 aliphatic rings. The maximum Gasteiger partial charge on any atom is 0.316 e. The molecule has 2 N–H and O–H groups in total. The van der Waals surface area contributed by atoms with Crippen molar-refractivity contribution in [3.05, 3.63) is 23.8 Å². The number of fused-ring (bicyclic) bond motifs is 1. The van der Waals surface area contributed by atoms with Gasteiger partial charge in [-0.25, -0.2) is 4.98 Å². The first kappa shape index (κ1) is 11.0. The van der Waals surface area contributed by atoms with Crippen LogP contribution in [-0.2, 0) is 4.79 Å². The molecule has 1 atom stereocenters. The van der Waals surface area contributed by atoms with E-state index in [1.807, 2.05) is 25.1 Å². The monoisotopic (exact) mass is 236 g/mol. The predicted octanol–water partition coefficient (Wildman–Crippen LogP) is 2.44. The Bertz CT molecular complexity index is 536. The average molecular weight is 236 g/mol. The predicted molar refractivity (Wildman–Crippen MR) is 63.8 cm³/mol. The number of carbonyl (C=O) groups is 1. The summed E-state index contributed by atoms with van der Waals surface area (Å²) in [5.41, 5.74) is 2.96. The van der Waals surface area contributed by atoms with E-state index in [-0.39, 0.29) is 0 Å². The van der Waals surface area contributed by atoms with Gasteiger partial charge in [0.25, 0.3) is 0 Å². The topological polar surface area (TPSA) is 66.0 Å². The van der Waals surface area contributed by atoms with Gasteiger partial charge >= 0.3 is 5.97 Å². The first-order chi connectivity index (χ1) is 7.56. The summed E-state index contributed by atoms with van der Waals surface area (Å²) < 4.78 is 0. The van der Waals surface area contributed by atoms with Crippen molar-refractivity contribution in [2.75, 3.05) is 0 Å². The van der Waals surface area contributed by atoms with Gasteiger partial charge in [-0.05, 0) is 31.5 Å². The quantitative estimate of drug-likeness (QED) is 0.803. The molecular formula is C11H12N2O2S. The number of hydrogen-bond donors (Lipinski definition) is 2. The third-order valence-corrected chi connectivity index (χ3v) is 3.22. The van der Waals surface area contributed by atoms with Gasteiger partial charge in [0, 0.05) is 0 Å². The lowest BCUT2D eigenvalue weighted by molar-refractivity contribution is -0.136. The third-order valence-electron chi connectivity index (χ3n) is 2.25. The van der Waals surface area contributed by atoms with Crippen molar-refractivity contribution >= 4 is 28.8 Å². The molecule has 1 heterocycles. The average Bonchev–Trinajstić information content (AvgIpc) is 2.58. The van der Waals surface area contributed by atoms with Gasteiger partial charge in [0.1, 0.15) is 5.25 Å². The Hall–Kier alpha value is -1.49. The number of hydrogen-bond acceptors (Lipinski definition) is 3. The number of carboxylic acid groups (broad SMARTS) is 1. The van der Waals surface area contributed by atoms with Crippen LogP contribution in [-0.4, -0.2) is 26.3 Å². The Balaban J connectivity index is 2.29. The minimum Gasteiger partial charge on any atom is -0.480 e. The molecule has 2 aromatic rings. The number of nitrogens with zero attached hydrogens (tertiary/aromatic N) is 1. The van der Waals surface area contributed by atoms with Crippen LogP contribution in [0.5, 0.6) is 0 Å². The molecule has 16 heavy (non-hydrogen) atoms. The fourth-order valence-corrected chi connectivity index (χ4v) is 2.13. The molecule has 0 amide bonds. The summed E-state index contributed by atoms with van der Waals surface area (Å²) in [6, 6.07) is 5.91. The fourth-order valence-electron chi connectivity index (χ4n) is 1.37. The van der Waals surface area contributed by atoms with Gasteiger partial charge in [-0.3, -0.25) is 4.79 Å². The summed E-state index contributed by atoms with van der Waals surface area (Å²) in [6.45, 7) is 3.65. The van der Waals surface area contributed by atoms with Crippen molar-refractivity contribution in [1.29, 1.82) is 0 Å². The first-order valence-electron chi connectivity index (χ1n) is 4.92. The summed E-state index contributed by atoms with van der Waals surface area (Å²) in [4.78, 5) is 18.1. The second kappa shape index (κ2) is 4.17. The van der Waals surface area contributed by atoms with Gasteiger partial charge in [-0.15, -0.1) is 0 Å². The van der Waals surface area contributed by atoms with Crippen molar-refractivity contribution in [2.45, 2.75) is 24.3 Å². The number of aromatic amines is 1. The summed E-state index contributed by atoms with van der Waals surface area (Å²) in [5, 5.41) is 8.95. The third kappa shape index (κ3) is 2.19. The van der Waals surface area contributed by atoms with Crippen molar-refractivity contribution in [3.8, 4) is 0 Å². The van der Waals surface area contributed by atoms with Crippen LogP contribution < -0.4 is 0 Å². The summed E-state index contributed by atoms with van der Waals surface area (Å²) >= 11 is 1.22. The molecule has 5 heteroatoms. The van der Waals surface area contributed by atoms with Crippen LogP contribution >= 0.6 is 11.8 Å². The maximum atomic E-state index is 10.7. The molecule has 84 valence electrons. The molecule has 4 nitrogen and oxygen atoms in total. The normalized spacial score (nSPS) is 12.9. The van der Waals surface area contributed by atoms with E-state index in [1.165, 1.54) is 11.8 Å². The zero-order valence-corrected chi connectivity index (χ0v) is 9.84. The zero-order valence-electron chi connectivity index (χ0n) is 9.02. The molecular weight excluding hydrogens is 224 g/mol. The van der Waals surface area contributed by atoms with Crippen molar-refractivity contribution in [2.24, 2.45) is 0 Å². The maximum absolute atomic E-state index is 10.7. The Labute approximate surface area is 97.1 Å². The SMILES string of the molecule is Cc1ccc2nc(SC(C)C(=O)O)[nH]c2c1. The number of imidazole rings is 1. The molecule has 1 aromatic carbocycles. The van der Waals surface area contributed by atoms with Gasteiger partial charge in [0.15, 0.2) is 5.16 Å². The Morgan fingerprint density at radius 2 is 2.31 bits per heavy atom. The smallest absolute Gasteiger partial charge is 0.316 e. The van der Waals surface area contributed by atoms with Crippen LogP contribution in [0.25, 0.3) is 11.0 Å². The van der Waals surface area contributed by atoms with Crippen LogP contribution in [0.15, 0.2) is 23.4 Å². The van der Waals surface area contributed by atoms with E-state index in [1.54, 1.807) is 6.92 Å². The Morgan fingerprint density at radius 1 is 1.56 bits per heavy atom.